The third-order valence-electron chi connectivity index (χ3n) is 3.96. The number of benzene rings is 2. The van der Waals surface area contributed by atoms with Gasteiger partial charge in [-0.3, -0.25) is 0 Å². The predicted molar refractivity (Wildman–Crippen MR) is 92.7 cm³/mol. The number of hydrogen-bond donors (Lipinski definition) is 3. The summed E-state index contributed by atoms with van der Waals surface area (Å²) in [4.78, 5) is 10.8. The SMILES string of the molecule is COc1ccc(CCC(C)NCc2ccc(C(=O)O)cc2)cc1O. The van der Waals surface area contributed by atoms with Crippen molar-refractivity contribution in [2.75, 3.05) is 7.11 Å². The van der Waals surface area contributed by atoms with Crippen LogP contribution in [0.25, 0.3) is 0 Å². The molecule has 0 saturated heterocycles. The van der Waals surface area contributed by atoms with Crippen molar-refractivity contribution in [3.05, 3.63) is 59.2 Å². The van der Waals surface area contributed by atoms with Crippen molar-refractivity contribution in [2.24, 2.45) is 0 Å². The molecule has 0 amide bonds. The third kappa shape index (κ3) is 4.99. The standard InChI is InChI=1S/C19H23NO4/c1-13(3-4-14-7-10-18(24-2)17(21)11-14)20-12-15-5-8-16(9-6-15)19(22)23/h5-11,13,20-21H,3-4,12H2,1-2H3,(H,22,23). The molecule has 2 aromatic carbocycles. The molecular weight excluding hydrogens is 306 g/mol. The van der Waals surface area contributed by atoms with Gasteiger partial charge < -0.3 is 20.3 Å². The molecule has 0 fully saturated rings. The summed E-state index contributed by atoms with van der Waals surface area (Å²) in [5, 5.41) is 22.1. The van der Waals surface area contributed by atoms with Crippen molar-refractivity contribution in [1.29, 1.82) is 0 Å². The predicted octanol–water partition coefficient (Wildman–Crippen LogP) is 3.21. The zero-order valence-corrected chi connectivity index (χ0v) is 14.0. The number of carboxylic acids is 1. The molecule has 0 aliphatic rings. The normalized spacial score (nSPS) is 11.9. The smallest absolute Gasteiger partial charge is 0.335 e. The molecule has 0 bridgehead atoms. The number of aromatic hydroxyl groups is 1. The molecule has 0 aliphatic carbocycles. The van der Waals surface area contributed by atoms with Crippen LogP contribution in [0.5, 0.6) is 11.5 Å². The van der Waals surface area contributed by atoms with Crippen LogP contribution >= 0.6 is 0 Å². The van der Waals surface area contributed by atoms with Gasteiger partial charge in [-0.15, -0.1) is 0 Å². The number of methoxy groups -OCH3 is 1. The molecular formula is C19H23NO4. The Balaban J connectivity index is 1.79. The van der Waals surface area contributed by atoms with Crippen LogP contribution in [0.2, 0.25) is 0 Å². The van der Waals surface area contributed by atoms with Crippen molar-refractivity contribution >= 4 is 5.97 Å². The summed E-state index contributed by atoms with van der Waals surface area (Å²) < 4.78 is 5.04. The van der Waals surface area contributed by atoms with Crippen LogP contribution < -0.4 is 10.1 Å². The number of aromatic carboxylic acids is 1. The van der Waals surface area contributed by atoms with E-state index in [0.717, 1.165) is 24.0 Å². The fraction of sp³-hybridized carbons (Fsp3) is 0.316. The number of phenols is 1. The molecule has 2 rings (SSSR count). The van der Waals surface area contributed by atoms with E-state index in [-0.39, 0.29) is 5.75 Å². The first-order valence-electron chi connectivity index (χ1n) is 7.91. The van der Waals surface area contributed by atoms with Crippen LogP contribution in [-0.4, -0.2) is 29.3 Å². The number of carboxylic acid groups (broad SMARTS) is 1. The van der Waals surface area contributed by atoms with Crippen LogP contribution in [0.4, 0.5) is 0 Å². The summed E-state index contributed by atoms with van der Waals surface area (Å²) in [6.45, 7) is 2.80. The molecule has 1 atom stereocenters. The van der Waals surface area contributed by atoms with Gasteiger partial charge in [-0.25, -0.2) is 4.79 Å². The second kappa shape index (κ2) is 8.36. The third-order valence-corrected chi connectivity index (χ3v) is 3.96. The molecule has 0 radical (unpaired) electrons. The van der Waals surface area contributed by atoms with Crippen molar-refractivity contribution in [3.8, 4) is 11.5 Å². The topological polar surface area (TPSA) is 78.8 Å². The second-order valence-electron chi connectivity index (χ2n) is 5.83. The zero-order chi connectivity index (χ0) is 17.5. The molecule has 128 valence electrons. The quantitative estimate of drug-likeness (QED) is 0.693. The van der Waals surface area contributed by atoms with E-state index < -0.39 is 5.97 Å². The molecule has 0 saturated carbocycles. The highest BCUT2D eigenvalue weighted by Crippen LogP contribution is 2.26. The second-order valence-corrected chi connectivity index (χ2v) is 5.83. The van der Waals surface area contributed by atoms with Gasteiger partial charge in [0.15, 0.2) is 11.5 Å². The lowest BCUT2D eigenvalue weighted by atomic mass is 10.0. The van der Waals surface area contributed by atoms with Gasteiger partial charge in [-0.05, 0) is 55.2 Å². The lowest BCUT2D eigenvalue weighted by Crippen LogP contribution is -2.26. The van der Waals surface area contributed by atoms with Gasteiger partial charge in [0.1, 0.15) is 0 Å². The lowest BCUT2D eigenvalue weighted by molar-refractivity contribution is 0.0697. The summed E-state index contributed by atoms with van der Waals surface area (Å²) in [6.07, 6.45) is 1.78. The number of nitrogens with one attached hydrogen (secondary N) is 1. The highest BCUT2D eigenvalue weighted by atomic mass is 16.5. The van der Waals surface area contributed by atoms with Gasteiger partial charge in [-0.1, -0.05) is 18.2 Å². The number of ether oxygens (including phenoxy) is 1. The highest BCUT2D eigenvalue weighted by molar-refractivity contribution is 5.87. The fourth-order valence-electron chi connectivity index (χ4n) is 2.43. The zero-order valence-electron chi connectivity index (χ0n) is 14.0. The molecule has 1 unspecified atom stereocenters. The Kier molecular flexibility index (Phi) is 6.21. The summed E-state index contributed by atoms with van der Waals surface area (Å²) in [7, 11) is 1.53. The van der Waals surface area contributed by atoms with E-state index in [1.165, 1.54) is 7.11 Å². The Bertz CT molecular complexity index is 682. The van der Waals surface area contributed by atoms with E-state index in [1.54, 1.807) is 24.3 Å². The van der Waals surface area contributed by atoms with Crippen LogP contribution in [0.3, 0.4) is 0 Å². The Morgan fingerprint density at radius 2 is 1.83 bits per heavy atom. The largest absolute Gasteiger partial charge is 0.504 e. The average molecular weight is 329 g/mol. The van der Waals surface area contributed by atoms with Gasteiger partial charge >= 0.3 is 5.97 Å². The van der Waals surface area contributed by atoms with Crippen LogP contribution in [-0.2, 0) is 13.0 Å². The molecule has 0 heterocycles. The van der Waals surface area contributed by atoms with Gasteiger partial charge in [0, 0.05) is 12.6 Å². The minimum Gasteiger partial charge on any atom is -0.504 e. The van der Waals surface area contributed by atoms with Crippen LogP contribution in [0.15, 0.2) is 42.5 Å². The first-order chi connectivity index (χ1) is 11.5. The fourth-order valence-corrected chi connectivity index (χ4v) is 2.43. The summed E-state index contributed by atoms with van der Waals surface area (Å²) in [5.41, 5.74) is 2.41. The summed E-state index contributed by atoms with van der Waals surface area (Å²) in [5.74, 6) is -0.269. The van der Waals surface area contributed by atoms with E-state index >= 15 is 0 Å². The van der Waals surface area contributed by atoms with Gasteiger partial charge in [0.05, 0.1) is 12.7 Å². The Labute approximate surface area is 141 Å². The number of phenolic OH excluding ortho intramolecular Hbond substituents is 1. The molecule has 24 heavy (non-hydrogen) atoms. The highest BCUT2D eigenvalue weighted by Gasteiger charge is 2.06. The lowest BCUT2D eigenvalue weighted by Gasteiger charge is -2.14. The number of rotatable bonds is 8. The van der Waals surface area contributed by atoms with Crippen molar-refractivity contribution in [3.63, 3.8) is 0 Å². The van der Waals surface area contributed by atoms with E-state index in [1.807, 2.05) is 18.2 Å². The minimum atomic E-state index is -0.911. The first-order valence-corrected chi connectivity index (χ1v) is 7.91. The maximum atomic E-state index is 10.8. The van der Waals surface area contributed by atoms with Crippen molar-refractivity contribution in [1.82, 2.24) is 5.32 Å². The molecule has 5 nitrogen and oxygen atoms in total. The molecule has 0 aromatic heterocycles. The number of aryl methyl sites for hydroxylation is 1. The monoisotopic (exact) mass is 329 g/mol. The maximum absolute atomic E-state index is 10.8. The van der Waals surface area contributed by atoms with Gasteiger partial charge in [0.2, 0.25) is 0 Å². The first kappa shape index (κ1) is 17.8. The van der Waals surface area contributed by atoms with Crippen molar-refractivity contribution < 1.29 is 19.7 Å². The van der Waals surface area contributed by atoms with Crippen LogP contribution in [0.1, 0.15) is 34.8 Å². The number of hydrogen-bond acceptors (Lipinski definition) is 4. The Morgan fingerprint density at radius 1 is 1.17 bits per heavy atom. The number of carbonyl (C=O) groups is 1. The van der Waals surface area contributed by atoms with E-state index in [0.29, 0.717) is 23.9 Å². The summed E-state index contributed by atoms with van der Waals surface area (Å²) in [6, 6.07) is 12.6. The molecule has 2 aromatic rings. The molecule has 0 spiro atoms. The van der Waals surface area contributed by atoms with Gasteiger partial charge in [-0.2, -0.15) is 0 Å². The molecule has 5 heteroatoms. The van der Waals surface area contributed by atoms with E-state index in [9.17, 15) is 9.90 Å². The van der Waals surface area contributed by atoms with Crippen molar-refractivity contribution in [2.45, 2.75) is 32.4 Å². The van der Waals surface area contributed by atoms with Gasteiger partial charge in [0.25, 0.3) is 0 Å². The molecule has 3 N–H and O–H groups in total. The Morgan fingerprint density at radius 3 is 2.42 bits per heavy atom. The van der Waals surface area contributed by atoms with E-state index in [4.69, 9.17) is 9.84 Å². The average Bonchev–Trinajstić information content (AvgIpc) is 2.58. The van der Waals surface area contributed by atoms with E-state index in [2.05, 4.69) is 12.2 Å². The molecule has 0 aliphatic heterocycles. The maximum Gasteiger partial charge on any atom is 0.335 e. The Hall–Kier alpha value is -2.53. The summed E-state index contributed by atoms with van der Waals surface area (Å²) >= 11 is 0. The minimum absolute atomic E-state index is 0.161. The van der Waals surface area contributed by atoms with Crippen LogP contribution in [0, 0.1) is 0 Å².